The van der Waals surface area contributed by atoms with Crippen molar-refractivity contribution in [1.29, 1.82) is 0 Å². The van der Waals surface area contributed by atoms with Crippen molar-refractivity contribution in [2.75, 3.05) is 6.61 Å². The monoisotopic (exact) mass is 228 g/mol. The standard InChI is InChI=1S/C10H16N2O2S/c1-7-8(2-3-14-7)5-12-9(6-13)4-11-10(12)15/h4,7-8,13H,2-3,5-6H2,1H3,(H,11,15). The zero-order valence-corrected chi connectivity index (χ0v) is 9.59. The highest BCUT2D eigenvalue weighted by Crippen LogP contribution is 2.23. The highest BCUT2D eigenvalue weighted by Gasteiger charge is 2.25. The summed E-state index contributed by atoms with van der Waals surface area (Å²) >= 11 is 5.17. The van der Waals surface area contributed by atoms with Crippen molar-refractivity contribution in [2.24, 2.45) is 5.92 Å². The zero-order valence-electron chi connectivity index (χ0n) is 8.77. The number of imidazole rings is 1. The summed E-state index contributed by atoms with van der Waals surface area (Å²) in [5.74, 6) is 0.498. The number of aliphatic hydroxyl groups excluding tert-OH is 1. The van der Waals surface area contributed by atoms with Crippen molar-refractivity contribution in [1.82, 2.24) is 9.55 Å². The minimum Gasteiger partial charge on any atom is -0.390 e. The molecule has 5 heteroatoms. The molecule has 2 atom stereocenters. The van der Waals surface area contributed by atoms with Crippen LogP contribution in [0.1, 0.15) is 19.0 Å². The molecule has 2 rings (SSSR count). The van der Waals surface area contributed by atoms with Gasteiger partial charge < -0.3 is 19.4 Å². The minimum absolute atomic E-state index is 0.0229. The quantitative estimate of drug-likeness (QED) is 0.770. The highest BCUT2D eigenvalue weighted by molar-refractivity contribution is 7.71. The van der Waals surface area contributed by atoms with Gasteiger partial charge in [-0.25, -0.2) is 0 Å². The Balaban J connectivity index is 2.15. The summed E-state index contributed by atoms with van der Waals surface area (Å²) < 4.78 is 8.15. The molecule has 1 aliphatic rings. The topological polar surface area (TPSA) is 50.2 Å². The van der Waals surface area contributed by atoms with E-state index in [1.807, 2.05) is 4.57 Å². The molecule has 0 saturated carbocycles. The zero-order chi connectivity index (χ0) is 10.8. The van der Waals surface area contributed by atoms with Crippen molar-refractivity contribution >= 4 is 12.2 Å². The predicted octanol–water partition coefficient (Wildman–Crippen LogP) is 1.46. The Morgan fingerprint density at radius 3 is 3.13 bits per heavy atom. The molecular formula is C10H16N2O2S. The summed E-state index contributed by atoms with van der Waals surface area (Å²) in [5.41, 5.74) is 0.846. The van der Waals surface area contributed by atoms with E-state index in [0.29, 0.717) is 10.7 Å². The molecule has 0 aromatic carbocycles. The van der Waals surface area contributed by atoms with Gasteiger partial charge in [-0.3, -0.25) is 0 Å². The van der Waals surface area contributed by atoms with Gasteiger partial charge in [-0.05, 0) is 25.6 Å². The number of aliphatic hydroxyl groups is 1. The molecular weight excluding hydrogens is 212 g/mol. The fourth-order valence-electron chi connectivity index (χ4n) is 2.01. The van der Waals surface area contributed by atoms with Crippen molar-refractivity contribution in [3.63, 3.8) is 0 Å². The van der Waals surface area contributed by atoms with E-state index < -0.39 is 0 Å². The number of H-pyrrole nitrogens is 1. The molecule has 1 aliphatic heterocycles. The lowest BCUT2D eigenvalue weighted by Gasteiger charge is -2.15. The van der Waals surface area contributed by atoms with Crippen LogP contribution in [0.4, 0.5) is 0 Å². The molecule has 2 unspecified atom stereocenters. The van der Waals surface area contributed by atoms with E-state index in [1.54, 1.807) is 6.20 Å². The third-order valence-corrected chi connectivity index (χ3v) is 3.40. The van der Waals surface area contributed by atoms with Crippen LogP contribution in [0.3, 0.4) is 0 Å². The van der Waals surface area contributed by atoms with Gasteiger partial charge in [-0.1, -0.05) is 0 Å². The number of hydrogen-bond acceptors (Lipinski definition) is 3. The van der Waals surface area contributed by atoms with Crippen LogP contribution >= 0.6 is 12.2 Å². The third-order valence-electron chi connectivity index (χ3n) is 3.07. The maximum absolute atomic E-state index is 9.15. The van der Waals surface area contributed by atoms with Crippen molar-refractivity contribution in [2.45, 2.75) is 32.6 Å². The summed E-state index contributed by atoms with van der Waals surface area (Å²) in [6.07, 6.45) is 3.12. The summed E-state index contributed by atoms with van der Waals surface area (Å²) in [5, 5.41) is 9.15. The molecule has 2 heterocycles. The molecule has 4 nitrogen and oxygen atoms in total. The first kappa shape index (κ1) is 10.9. The van der Waals surface area contributed by atoms with Gasteiger partial charge in [0.15, 0.2) is 4.77 Å². The molecule has 84 valence electrons. The Morgan fingerprint density at radius 2 is 2.53 bits per heavy atom. The predicted molar refractivity (Wildman–Crippen MR) is 59.1 cm³/mol. The highest BCUT2D eigenvalue weighted by atomic mass is 32.1. The molecule has 2 N–H and O–H groups in total. The molecule has 0 amide bonds. The van der Waals surface area contributed by atoms with Gasteiger partial charge in [0.2, 0.25) is 0 Å². The molecule has 0 spiro atoms. The fraction of sp³-hybridized carbons (Fsp3) is 0.700. The van der Waals surface area contributed by atoms with E-state index in [1.165, 1.54) is 0 Å². The average molecular weight is 228 g/mol. The first-order valence-corrected chi connectivity index (χ1v) is 5.62. The average Bonchev–Trinajstić information content (AvgIpc) is 2.77. The largest absolute Gasteiger partial charge is 0.390 e. The second kappa shape index (κ2) is 4.47. The van der Waals surface area contributed by atoms with Gasteiger partial charge in [0, 0.05) is 25.3 Å². The number of rotatable bonds is 3. The SMILES string of the molecule is CC1OCCC1Cn1c(CO)c[nH]c1=S. The van der Waals surface area contributed by atoms with Gasteiger partial charge in [0.25, 0.3) is 0 Å². The maximum Gasteiger partial charge on any atom is 0.177 e. The number of aromatic amines is 1. The Kier molecular flexibility index (Phi) is 3.23. The summed E-state index contributed by atoms with van der Waals surface area (Å²) in [6, 6.07) is 0. The fourth-order valence-corrected chi connectivity index (χ4v) is 2.26. The Morgan fingerprint density at radius 1 is 1.73 bits per heavy atom. The molecule has 0 bridgehead atoms. The van der Waals surface area contributed by atoms with Crippen molar-refractivity contribution in [3.8, 4) is 0 Å². The van der Waals surface area contributed by atoms with Crippen LogP contribution in [-0.4, -0.2) is 27.4 Å². The smallest absolute Gasteiger partial charge is 0.177 e. The van der Waals surface area contributed by atoms with E-state index in [-0.39, 0.29) is 12.7 Å². The molecule has 0 radical (unpaired) electrons. The first-order valence-electron chi connectivity index (χ1n) is 5.22. The Hall–Kier alpha value is -0.650. The molecule has 0 aliphatic carbocycles. The lowest BCUT2D eigenvalue weighted by molar-refractivity contribution is 0.101. The summed E-state index contributed by atoms with van der Waals surface area (Å²) in [6.45, 7) is 3.78. The third kappa shape index (κ3) is 2.14. The van der Waals surface area contributed by atoms with E-state index in [4.69, 9.17) is 22.1 Å². The van der Waals surface area contributed by atoms with Gasteiger partial charge in [0.05, 0.1) is 18.4 Å². The molecule has 1 aromatic heterocycles. The second-order valence-corrected chi connectivity index (χ2v) is 4.37. The second-order valence-electron chi connectivity index (χ2n) is 3.98. The van der Waals surface area contributed by atoms with E-state index >= 15 is 0 Å². The Labute approximate surface area is 93.9 Å². The van der Waals surface area contributed by atoms with Crippen LogP contribution in [0.5, 0.6) is 0 Å². The van der Waals surface area contributed by atoms with E-state index in [9.17, 15) is 0 Å². The molecule has 15 heavy (non-hydrogen) atoms. The van der Waals surface area contributed by atoms with Crippen LogP contribution in [0.15, 0.2) is 6.20 Å². The maximum atomic E-state index is 9.15. The van der Waals surface area contributed by atoms with Crippen molar-refractivity contribution < 1.29 is 9.84 Å². The van der Waals surface area contributed by atoms with Gasteiger partial charge in [-0.15, -0.1) is 0 Å². The van der Waals surface area contributed by atoms with Crippen LogP contribution in [0, 0.1) is 10.7 Å². The summed E-state index contributed by atoms with van der Waals surface area (Å²) in [7, 11) is 0. The van der Waals surface area contributed by atoms with Gasteiger partial charge >= 0.3 is 0 Å². The van der Waals surface area contributed by atoms with Gasteiger partial charge in [0.1, 0.15) is 0 Å². The lowest BCUT2D eigenvalue weighted by atomic mass is 10.0. The number of nitrogens with zero attached hydrogens (tertiary/aromatic N) is 1. The Bertz CT molecular complexity index is 385. The molecule has 1 fully saturated rings. The van der Waals surface area contributed by atoms with Crippen molar-refractivity contribution in [3.05, 3.63) is 16.7 Å². The van der Waals surface area contributed by atoms with Crippen LogP contribution in [0.2, 0.25) is 0 Å². The molecule has 1 saturated heterocycles. The number of hydrogen-bond donors (Lipinski definition) is 2. The summed E-state index contributed by atoms with van der Waals surface area (Å²) in [4.78, 5) is 2.95. The van der Waals surface area contributed by atoms with E-state index in [0.717, 1.165) is 25.3 Å². The lowest BCUT2D eigenvalue weighted by Crippen LogP contribution is -2.19. The minimum atomic E-state index is 0.0229. The number of nitrogens with one attached hydrogen (secondary N) is 1. The number of ether oxygens (including phenoxy) is 1. The first-order chi connectivity index (χ1) is 7.22. The van der Waals surface area contributed by atoms with Crippen LogP contribution in [0.25, 0.3) is 0 Å². The van der Waals surface area contributed by atoms with Gasteiger partial charge in [-0.2, -0.15) is 0 Å². The normalized spacial score (nSPS) is 26.0. The van der Waals surface area contributed by atoms with E-state index in [2.05, 4.69) is 11.9 Å². The molecule has 1 aromatic rings. The van der Waals surface area contributed by atoms with Crippen LogP contribution < -0.4 is 0 Å². The number of aromatic nitrogens is 2. The van der Waals surface area contributed by atoms with Crippen LogP contribution in [-0.2, 0) is 17.9 Å².